The zero-order chi connectivity index (χ0) is 17.9. The number of unbranched alkanes of at least 4 members (excludes halogenated alkanes) is 6. The summed E-state index contributed by atoms with van der Waals surface area (Å²) in [5.41, 5.74) is 0. The van der Waals surface area contributed by atoms with E-state index in [0.717, 1.165) is 25.7 Å². The Bertz CT molecular complexity index is 305. The molecule has 0 heterocycles. The van der Waals surface area contributed by atoms with E-state index >= 15 is 0 Å². The molecule has 0 aromatic heterocycles. The van der Waals surface area contributed by atoms with Crippen LogP contribution in [-0.4, -0.2) is 25.2 Å². The monoisotopic (exact) mass is 340 g/mol. The van der Waals surface area contributed by atoms with Gasteiger partial charge in [0, 0.05) is 12.8 Å². The van der Waals surface area contributed by atoms with Gasteiger partial charge < -0.3 is 9.47 Å². The first-order valence-electron chi connectivity index (χ1n) is 9.66. The smallest absolute Gasteiger partial charge is 0.306 e. The lowest BCUT2D eigenvalue weighted by atomic mass is 10.2. The number of allylic oxidation sites excluding steroid dienone is 2. The van der Waals surface area contributed by atoms with Gasteiger partial charge in [-0.3, -0.25) is 9.59 Å². The zero-order valence-electron chi connectivity index (χ0n) is 15.7. The first-order chi connectivity index (χ1) is 11.7. The van der Waals surface area contributed by atoms with Gasteiger partial charge in [-0.15, -0.1) is 0 Å². The van der Waals surface area contributed by atoms with E-state index in [4.69, 9.17) is 9.47 Å². The molecule has 0 unspecified atom stereocenters. The van der Waals surface area contributed by atoms with Gasteiger partial charge in [-0.05, 0) is 25.7 Å². The Kier molecular flexibility index (Phi) is 17.0. The molecule has 0 aromatic rings. The number of hydrogen-bond donors (Lipinski definition) is 0. The van der Waals surface area contributed by atoms with E-state index in [1.54, 1.807) is 0 Å². The van der Waals surface area contributed by atoms with Gasteiger partial charge in [0.25, 0.3) is 0 Å². The van der Waals surface area contributed by atoms with Crippen molar-refractivity contribution in [2.24, 2.45) is 0 Å². The van der Waals surface area contributed by atoms with Crippen LogP contribution in [0.15, 0.2) is 12.2 Å². The van der Waals surface area contributed by atoms with Gasteiger partial charge >= 0.3 is 11.9 Å². The van der Waals surface area contributed by atoms with Gasteiger partial charge in [0.15, 0.2) is 0 Å². The number of carbonyl (C=O) groups is 2. The van der Waals surface area contributed by atoms with E-state index in [2.05, 4.69) is 13.8 Å². The molecule has 0 N–H and O–H groups in total. The Morgan fingerprint density at radius 3 is 1.46 bits per heavy atom. The molecule has 0 amide bonds. The Hall–Kier alpha value is -1.32. The molecule has 0 spiro atoms. The standard InChI is InChI=1S/C20H36O4/c1-3-5-7-13-17-23-19(21)15-11-9-10-12-16-20(22)24-18-14-8-6-4-2/h9-10H,3-8,11-18H2,1-2H3. The van der Waals surface area contributed by atoms with Gasteiger partial charge in [0.05, 0.1) is 13.2 Å². The molecule has 0 atom stereocenters. The average molecular weight is 341 g/mol. The first-order valence-corrected chi connectivity index (χ1v) is 9.66. The summed E-state index contributed by atoms with van der Waals surface area (Å²) in [6.07, 6.45) is 14.9. The quantitative estimate of drug-likeness (QED) is 0.216. The van der Waals surface area contributed by atoms with Crippen LogP contribution in [0, 0.1) is 0 Å². The molecule has 0 fully saturated rings. The van der Waals surface area contributed by atoms with Crippen molar-refractivity contribution >= 4 is 11.9 Å². The Labute approximate surface area is 148 Å². The highest BCUT2D eigenvalue weighted by Crippen LogP contribution is 2.03. The first kappa shape index (κ1) is 22.7. The fraction of sp³-hybridized carbons (Fsp3) is 0.800. The summed E-state index contributed by atoms with van der Waals surface area (Å²) in [7, 11) is 0. The second-order valence-corrected chi connectivity index (χ2v) is 6.11. The summed E-state index contributed by atoms with van der Waals surface area (Å²) in [5, 5.41) is 0. The summed E-state index contributed by atoms with van der Waals surface area (Å²) in [4.78, 5) is 23.0. The number of hydrogen-bond acceptors (Lipinski definition) is 4. The highest BCUT2D eigenvalue weighted by atomic mass is 16.5. The Morgan fingerprint density at radius 1 is 0.667 bits per heavy atom. The third-order valence-corrected chi connectivity index (χ3v) is 3.72. The molecular weight excluding hydrogens is 304 g/mol. The Balaban J connectivity index is 3.41. The number of ether oxygens (including phenoxy) is 2. The van der Waals surface area contributed by atoms with Gasteiger partial charge in [0.1, 0.15) is 0 Å². The van der Waals surface area contributed by atoms with Crippen LogP contribution >= 0.6 is 0 Å². The van der Waals surface area contributed by atoms with Crippen molar-refractivity contribution < 1.29 is 19.1 Å². The van der Waals surface area contributed by atoms with Crippen LogP contribution in [-0.2, 0) is 19.1 Å². The van der Waals surface area contributed by atoms with Gasteiger partial charge in [-0.2, -0.15) is 0 Å². The summed E-state index contributed by atoms with van der Waals surface area (Å²) in [5.74, 6) is -0.273. The van der Waals surface area contributed by atoms with E-state index in [1.165, 1.54) is 25.7 Å². The maximum absolute atomic E-state index is 11.5. The molecule has 0 aliphatic carbocycles. The second kappa shape index (κ2) is 18.0. The minimum absolute atomic E-state index is 0.136. The fourth-order valence-corrected chi connectivity index (χ4v) is 2.21. The van der Waals surface area contributed by atoms with Crippen molar-refractivity contribution in [3.8, 4) is 0 Å². The van der Waals surface area contributed by atoms with Crippen LogP contribution < -0.4 is 0 Å². The third-order valence-electron chi connectivity index (χ3n) is 3.72. The minimum atomic E-state index is -0.136. The molecule has 4 heteroatoms. The average Bonchev–Trinajstić information content (AvgIpc) is 2.57. The number of rotatable bonds is 16. The minimum Gasteiger partial charge on any atom is -0.466 e. The van der Waals surface area contributed by atoms with Crippen molar-refractivity contribution in [3.63, 3.8) is 0 Å². The molecule has 0 aromatic carbocycles. The number of esters is 2. The largest absolute Gasteiger partial charge is 0.466 e. The fourth-order valence-electron chi connectivity index (χ4n) is 2.21. The van der Waals surface area contributed by atoms with E-state index in [1.807, 2.05) is 12.2 Å². The van der Waals surface area contributed by atoms with Crippen LogP contribution in [0.1, 0.15) is 90.9 Å². The van der Waals surface area contributed by atoms with Crippen LogP contribution in [0.25, 0.3) is 0 Å². The Morgan fingerprint density at radius 2 is 1.08 bits per heavy atom. The summed E-state index contributed by atoms with van der Waals surface area (Å²) >= 11 is 0. The van der Waals surface area contributed by atoms with E-state index in [-0.39, 0.29) is 11.9 Å². The van der Waals surface area contributed by atoms with Crippen LogP contribution in [0.4, 0.5) is 0 Å². The summed E-state index contributed by atoms with van der Waals surface area (Å²) < 4.78 is 10.3. The molecule has 0 bridgehead atoms. The van der Waals surface area contributed by atoms with E-state index < -0.39 is 0 Å². The van der Waals surface area contributed by atoms with Gasteiger partial charge in [-0.1, -0.05) is 64.5 Å². The third kappa shape index (κ3) is 17.0. The molecule has 0 aliphatic rings. The lowest BCUT2D eigenvalue weighted by Crippen LogP contribution is -2.05. The SMILES string of the molecule is CCCCCCOC(=O)CCC=CCCC(=O)OCCCCCC. The maximum atomic E-state index is 11.5. The van der Waals surface area contributed by atoms with Gasteiger partial charge in [0.2, 0.25) is 0 Å². The maximum Gasteiger partial charge on any atom is 0.306 e. The lowest BCUT2D eigenvalue weighted by molar-refractivity contribution is -0.144. The molecule has 0 aliphatic heterocycles. The van der Waals surface area contributed by atoms with Gasteiger partial charge in [-0.25, -0.2) is 0 Å². The second-order valence-electron chi connectivity index (χ2n) is 6.11. The highest BCUT2D eigenvalue weighted by molar-refractivity contribution is 5.70. The van der Waals surface area contributed by atoms with Crippen LogP contribution in [0.5, 0.6) is 0 Å². The van der Waals surface area contributed by atoms with Crippen LogP contribution in [0.3, 0.4) is 0 Å². The molecule has 0 radical (unpaired) electrons. The molecular formula is C20H36O4. The normalized spacial score (nSPS) is 10.9. The predicted molar refractivity (Wildman–Crippen MR) is 97.8 cm³/mol. The zero-order valence-corrected chi connectivity index (χ0v) is 15.7. The van der Waals surface area contributed by atoms with E-state index in [9.17, 15) is 9.59 Å². The molecule has 0 rings (SSSR count). The molecule has 140 valence electrons. The highest BCUT2D eigenvalue weighted by Gasteiger charge is 2.02. The van der Waals surface area contributed by atoms with Crippen molar-refractivity contribution in [2.75, 3.05) is 13.2 Å². The van der Waals surface area contributed by atoms with Crippen molar-refractivity contribution in [2.45, 2.75) is 90.9 Å². The number of carbonyl (C=O) groups excluding carboxylic acids is 2. The van der Waals surface area contributed by atoms with Crippen molar-refractivity contribution in [1.82, 2.24) is 0 Å². The molecule has 4 nitrogen and oxygen atoms in total. The van der Waals surface area contributed by atoms with E-state index in [0.29, 0.717) is 38.9 Å². The summed E-state index contributed by atoms with van der Waals surface area (Å²) in [6.45, 7) is 5.39. The molecule has 0 saturated carbocycles. The predicted octanol–water partition coefficient (Wildman–Crippen LogP) is 5.35. The summed E-state index contributed by atoms with van der Waals surface area (Å²) in [6, 6.07) is 0. The molecule has 24 heavy (non-hydrogen) atoms. The molecule has 0 saturated heterocycles. The lowest BCUT2D eigenvalue weighted by Gasteiger charge is -2.03. The topological polar surface area (TPSA) is 52.6 Å². The van der Waals surface area contributed by atoms with Crippen molar-refractivity contribution in [1.29, 1.82) is 0 Å². The van der Waals surface area contributed by atoms with Crippen LogP contribution in [0.2, 0.25) is 0 Å². The van der Waals surface area contributed by atoms with Crippen molar-refractivity contribution in [3.05, 3.63) is 12.2 Å².